The molecule has 0 bridgehead atoms. The average Bonchev–Trinajstić information content (AvgIpc) is 2.69. The van der Waals surface area contributed by atoms with Crippen LogP contribution in [0.1, 0.15) is 18.1 Å². The summed E-state index contributed by atoms with van der Waals surface area (Å²) >= 11 is 0. The average molecular weight is 234 g/mol. The molecule has 90 valence electrons. The third-order valence-corrected chi connectivity index (χ3v) is 2.55. The van der Waals surface area contributed by atoms with Crippen LogP contribution in [-0.4, -0.2) is 9.78 Å². The summed E-state index contributed by atoms with van der Waals surface area (Å²) in [6, 6.07) is 6.31. The molecule has 0 saturated carbocycles. The highest BCUT2D eigenvalue weighted by Gasteiger charge is 2.07. The topological polar surface area (TPSA) is 27.1 Å². The lowest BCUT2D eigenvalue weighted by molar-refractivity contribution is 0.272. The second kappa shape index (κ2) is 4.99. The van der Waals surface area contributed by atoms with E-state index in [4.69, 9.17) is 4.74 Å². The molecule has 17 heavy (non-hydrogen) atoms. The molecule has 0 atom stereocenters. The van der Waals surface area contributed by atoms with Crippen molar-refractivity contribution in [1.82, 2.24) is 9.78 Å². The van der Waals surface area contributed by atoms with Gasteiger partial charge in [0.2, 0.25) is 5.88 Å². The number of halogens is 1. The summed E-state index contributed by atoms with van der Waals surface area (Å²) in [5.74, 6) is 0.542. The van der Waals surface area contributed by atoms with Crippen LogP contribution in [0.15, 0.2) is 30.5 Å². The smallest absolute Gasteiger partial charge is 0.215 e. The molecule has 1 aromatic carbocycles. The summed E-state index contributed by atoms with van der Waals surface area (Å²) in [7, 11) is 0. The Hall–Kier alpha value is -1.84. The van der Waals surface area contributed by atoms with E-state index < -0.39 is 0 Å². The van der Waals surface area contributed by atoms with Crippen LogP contribution in [0.2, 0.25) is 0 Å². The van der Waals surface area contributed by atoms with Crippen LogP contribution in [0, 0.1) is 12.7 Å². The molecule has 0 radical (unpaired) electrons. The minimum absolute atomic E-state index is 0.233. The maximum absolute atomic E-state index is 12.7. The van der Waals surface area contributed by atoms with E-state index >= 15 is 0 Å². The molecule has 0 aliphatic heterocycles. The quantitative estimate of drug-likeness (QED) is 0.813. The summed E-state index contributed by atoms with van der Waals surface area (Å²) in [6.07, 6.45) is 1.78. The molecular weight excluding hydrogens is 219 g/mol. The summed E-state index contributed by atoms with van der Waals surface area (Å²) < 4.78 is 20.2. The van der Waals surface area contributed by atoms with E-state index in [1.807, 2.05) is 13.8 Å². The molecule has 3 nitrogen and oxygen atoms in total. The normalized spacial score (nSPS) is 10.5. The third kappa shape index (κ3) is 2.64. The monoisotopic (exact) mass is 234 g/mol. The number of aryl methyl sites for hydroxylation is 2. The van der Waals surface area contributed by atoms with Crippen molar-refractivity contribution >= 4 is 0 Å². The van der Waals surface area contributed by atoms with Crippen LogP contribution in [0.4, 0.5) is 4.39 Å². The molecule has 0 amide bonds. The van der Waals surface area contributed by atoms with Crippen molar-refractivity contribution in [2.75, 3.05) is 0 Å². The van der Waals surface area contributed by atoms with E-state index in [2.05, 4.69) is 5.10 Å². The van der Waals surface area contributed by atoms with Crippen molar-refractivity contribution in [2.24, 2.45) is 0 Å². The fourth-order valence-electron chi connectivity index (χ4n) is 1.61. The van der Waals surface area contributed by atoms with Crippen LogP contribution in [0.25, 0.3) is 0 Å². The first-order chi connectivity index (χ1) is 8.20. The number of rotatable bonds is 4. The van der Waals surface area contributed by atoms with Gasteiger partial charge in [0, 0.05) is 12.1 Å². The lowest BCUT2D eigenvalue weighted by Crippen LogP contribution is -2.04. The van der Waals surface area contributed by atoms with Gasteiger partial charge >= 0.3 is 0 Å². The molecule has 4 heteroatoms. The van der Waals surface area contributed by atoms with E-state index in [0.717, 1.165) is 23.6 Å². The number of hydrogen-bond acceptors (Lipinski definition) is 2. The zero-order valence-corrected chi connectivity index (χ0v) is 9.98. The maximum Gasteiger partial charge on any atom is 0.215 e. The van der Waals surface area contributed by atoms with Crippen molar-refractivity contribution in [1.29, 1.82) is 0 Å². The number of aromatic nitrogens is 2. The van der Waals surface area contributed by atoms with Gasteiger partial charge in [0.1, 0.15) is 12.4 Å². The highest BCUT2D eigenvalue weighted by molar-refractivity contribution is 5.23. The Morgan fingerprint density at radius 3 is 2.65 bits per heavy atom. The van der Waals surface area contributed by atoms with Gasteiger partial charge in [-0.2, -0.15) is 5.10 Å². The highest BCUT2D eigenvalue weighted by atomic mass is 19.1. The van der Waals surface area contributed by atoms with Gasteiger partial charge < -0.3 is 4.74 Å². The van der Waals surface area contributed by atoms with Crippen LogP contribution in [0.5, 0.6) is 5.88 Å². The van der Waals surface area contributed by atoms with E-state index in [1.165, 1.54) is 12.1 Å². The lowest BCUT2D eigenvalue weighted by Gasteiger charge is -2.08. The molecule has 0 aliphatic rings. The molecule has 0 saturated heterocycles. The standard InChI is InChI=1S/C13H15FN2O/c1-3-16-13(10(2)8-15-16)17-9-11-4-6-12(14)7-5-11/h4-8H,3,9H2,1-2H3. The molecule has 2 rings (SSSR count). The molecule has 0 spiro atoms. The second-order valence-corrected chi connectivity index (χ2v) is 3.86. The second-order valence-electron chi connectivity index (χ2n) is 3.86. The first-order valence-corrected chi connectivity index (χ1v) is 5.60. The fourth-order valence-corrected chi connectivity index (χ4v) is 1.61. The van der Waals surface area contributed by atoms with Crippen LogP contribution >= 0.6 is 0 Å². The Morgan fingerprint density at radius 1 is 1.29 bits per heavy atom. The molecule has 0 N–H and O–H groups in total. The number of nitrogens with zero attached hydrogens (tertiary/aromatic N) is 2. The van der Waals surface area contributed by atoms with Crippen LogP contribution in [0.3, 0.4) is 0 Å². The number of benzene rings is 1. The van der Waals surface area contributed by atoms with E-state index in [1.54, 1.807) is 23.0 Å². The van der Waals surface area contributed by atoms with E-state index in [-0.39, 0.29) is 5.82 Å². The van der Waals surface area contributed by atoms with E-state index in [0.29, 0.717) is 6.61 Å². The fraction of sp³-hybridized carbons (Fsp3) is 0.308. The predicted molar refractivity (Wildman–Crippen MR) is 63.4 cm³/mol. The Labute approximate surface area is 99.8 Å². The van der Waals surface area contributed by atoms with Gasteiger partial charge in [-0.3, -0.25) is 0 Å². The molecule has 0 fully saturated rings. The van der Waals surface area contributed by atoms with Gasteiger partial charge in [-0.1, -0.05) is 12.1 Å². The van der Waals surface area contributed by atoms with Gasteiger partial charge in [0.05, 0.1) is 6.20 Å². The first-order valence-electron chi connectivity index (χ1n) is 5.60. The Bertz CT molecular complexity index is 491. The Balaban J connectivity index is 2.06. The van der Waals surface area contributed by atoms with Gasteiger partial charge in [0.15, 0.2) is 0 Å². The largest absolute Gasteiger partial charge is 0.473 e. The van der Waals surface area contributed by atoms with Crippen LogP contribution in [-0.2, 0) is 13.2 Å². The van der Waals surface area contributed by atoms with Gasteiger partial charge in [-0.15, -0.1) is 0 Å². The molecular formula is C13H15FN2O. The van der Waals surface area contributed by atoms with Crippen molar-refractivity contribution < 1.29 is 9.13 Å². The Kier molecular flexibility index (Phi) is 3.42. The van der Waals surface area contributed by atoms with Crippen LogP contribution < -0.4 is 4.74 Å². The van der Waals surface area contributed by atoms with Gasteiger partial charge in [-0.25, -0.2) is 9.07 Å². The van der Waals surface area contributed by atoms with E-state index in [9.17, 15) is 4.39 Å². The SMILES string of the molecule is CCn1ncc(C)c1OCc1ccc(F)cc1. The predicted octanol–water partition coefficient (Wildman–Crippen LogP) is 2.93. The number of hydrogen-bond donors (Lipinski definition) is 0. The van der Waals surface area contributed by atoms with Crippen molar-refractivity contribution in [2.45, 2.75) is 27.0 Å². The minimum Gasteiger partial charge on any atom is -0.473 e. The number of ether oxygens (including phenoxy) is 1. The van der Waals surface area contributed by atoms with Crippen molar-refractivity contribution in [3.63, 3.8) is 0 Å². The molecule has 2 aromatic rings. The first kappa shape index (κ1) is 11.6. The third-order valence-electron chi connectivity index (χ3n) is 2.55. The zero-order chi connectivity index (χ0) is 12.3. The molecule has 0 aliphatic carbocycles. The van der Waals surface area contributed by atoms with Crippen molar-refractivity contribution in [3.8, 4) is 5.88 Å². The zero-order valence-electron chi connectivity index (χ0n) is 9.98. The van der Waals surface area contributed by atoms with Gasteiger partial charge in [0.25, 0.3) is 0 Å². The molecule has 0 unspecified atom stereocenters. The molecule has 1 heterocycles. The minimum atomic E-state index is -0.233. The summed E-state index contributed by atoms with van der Waals surface area (Å²) in [5, 5.41) is 4.19. The maximum atomic E-state index is 12.7. The lowest BCUT2D eigenvalue weighted by atomic mass is 10.2. The molecule has 1 aromatic heterocycles. The highest BCUT2D eigenvalue weighted by Crippen LogP contribution is 2.18. The summed E-state index contributed by atoms with van der Waals surface area (Å²) in [6.45, 7) is 5.16. The summed E-state index contributed by atoms with van der Waals surface area (Å²) in [4.78, 5) is 0. The van der Waals surface area contributed by atoms with Gasteiger partial charge in [-0.05, 0) is 31.5 Å². The summed E-state index contributed by atoms with van der Waals surface area (Å²) in [5.41, 5.74) is 1.95. The Morgan fingerprint density at radius 2 is 2.00 bits per heavy atom. The van der Waals surface area contributed by atoms with Crippen molar-refractivity contribution in [3.05, 3.63) is 47.4 Å².